The van der Waals surface area contributed by atoms with E-state index >= 15 is 0 Å². The monoisotopic (exact) mass is 250 g/mol. The molecule has 0 aliphatic carbocycles. The van der Waals surface area contributed by atoms with Crippen LogP contribution in [-0.2, 0) is 4.79 Å². The second kappa shape index (κ2) is 4.72. The average molecular weight is 250 g/mol. The molecule has 2 amide bonds. The zero-order valence-corrected chi connectivity index (χ0v) is 10.6. The number of nitrogens with zero attached hydrogens (tertiary/aromatic N) is 2. The van der Waals surface area contributed by atoms with Gasteiger partial charge in [0.05, 0.1) is 12.2 Å². The predicted molar refractivity (Wildman–Crippen MR) is 68.1 cm³/mol. The summed E-state index contributed by atoms with van der Waals surface area (Å²) in [7, 11) is 0. The fourth-order valence-electron chi connectivity index (χ4n) is 2.07. The van der Waals surface area contributed by atoms with Crippen molar-refractivity contribution >= 4 is 17.5 Å². The van der Waals surface area contributed by atoms with Gasteiger partial charge in [0, 0.05) is 25.3 Å². The molecule has 1 aromatic rings. The van der Waals surface area contributed by atoms with Gasteiger partial charge in [0.2, 0.25) is 5.91 Å². The largest absolute Gasteiger partial charge is 0.397 e. The van der Waals surface area contributed by atoms with Crippen LogP contribution in [0, 0.1) is 0 Å². The molecule has 3 N–H and O–H groups in total. The van der Waals surface area contributed by atoms with E-state index in [1.54, 1.807) is 17.2 Å². The molecule has 6 nitrogen and oxygen atoms in total. The second-order valence-electron chi connectivity index (χ2n) is 4.74. The second-order valence-corrected chi connectivity index (χ2v) is 4.74. The standard InChI is InChI=1S/C12H18N4O2/c1-8(2)16-6-9(13)5-10(16)12(18)15-4-3-14-11(17)7-15/h5-6,8H,3-4,7,13H2,1-2H3,(H,14,17). The first-order valence-electron chi connectivity index (χ1n) is 6.02. The molecular weight excluding hydrogens is 232 g/mol. The van der Waals surface area contributed by atoms with Crippen LogP contribution in [-0.4, -0.2) is 40.9 Å². The van der Waals surface area contributed by atoms with Gasteiger partial charge in [-0.05, 0) is 19.9 Å². The van der Waals surface area contributed by atoms with Crippen LogP contribution in [0.5, 0.6) is 0 Å². The molecule has 1 saturated heterocycles. The number of carbonyl (C=O) groups is 2. The smallest absolute Gasteiger partial charge is 0.271 e. The number of nitrogen functional groups attached to an aromatic ring is 1. The quantitative estimate of drug-likeness (QED) is 0.788. The SMILES string of the molecule is CC(C)n1cc(N)cc1C(=O)N1CCNC(=O)C1. The maximum atomic E-state index is 12.4. The van der Waals surface area contributed by atoms with E-state index in [4.69, 9.17) is 5.73 Å². The summed E-state index contributed by atoms with van der Waals surface area (Å²) in [5, 5.41) is 2.70. The summed E-state index contributed by atoms with van der Waals surface area (Å²) in [6, 6.07) is 1.81. The number of piperazine rings is 1. The fraction of sp³-hybridized carbons (Fsp3) is 0.500. The van der Waals surface area contributed by atoms with Gasteiger partial charge in [-0.3, -0.25) is 9.59 Å². The summed E-state index contributed by atoms with van der Waals surface area (Å²) >= 11 is 0. The minimum absolute atomic E-state index is 0.113. The van der Waals surface area contributed by atoms with Gasteiger partial charge >= 0.3 is 0 Å². The van der Waals surface area contributed by atoms with Crippen molar-refractivity contribution in [2.24, 2.45) is 0 Å². The molecule has 0 unspecified atom stereocenters. The predicted octanol–water partition coefficient (Wildman–Crippen LogP) is 0.223. The van der Waals surface area contributed by atoms with Crippen LogP contribution in [0.15, 0.2) is 12.3 Å². The van der Waals surface area contributed by atoms with Crippen molar-refractivity contribution in [1.82, 2.24) is 14.8 Å². The summed E-state index contributed by atoms with van der Waals surface area (Å²) in [6.07, 6.45) is 1.75. The number of anilines is 1. The molecule has 0 aromatic carbocycles. The van der Waals surface area contributed by atoms with Crippen molar-refractivity contribution in [3.05, 3.63) is 18.0 Å². The van der Waals surface area contributed by atoms with Gasteiger partial charge in [-0.25, -0.2) is 0 Å². The molecule has 1 aliphatic heterocycles. The highest BCUT2D eigenvalue weighted by Gasteiger charge is 2.25. The highest BCUT2D eigenvalue weighted by molar-refractivity contribution is 5.96. The normalized spacial score (nSPS) is 15.9. The lowest BCUT2D eigenvalue weighted by molar-refractivity contribution is -0.123. The van der Waals surface area contributed by atoms with Gasteiger partial charge in [-0.2, -0.15) is 0 Å². The number of rotatable bonds is 2. The Hall–Kier alpha value is -1.98. The van der Waals surface area contributed by atoms with E-state index in [9.17, 15) is 9.59 Å². The Kier molecular flexibility index (Phi) is 3.27. The number of amides is 2. The fourth-order valence-corrected chi connectivity index (χ4v) is 2.07. The highest BCUT2D eigenvalue weighted by Crippen LogP contribution is 2.18. The van der Waals surface area contributed by atoms with Gasteiger partial charge in [-0.15, -0.1) is 0 Å². The van der Waals surface area contributed by atoms with Crippen LogP contribution >= 0.6 is 0 Å². The number of hydrogen-bond donors (Lipinski definition) is 2. The van der Waals surface area contributed by atoms with E-state index in [1.165, 1.54) is 0 Å². The van der Waals surface area contributed by atoms with Gasteiger partial charge < -0.3 is 20.5 Å². The maximum Gasteiger partial charge on any atom is 0.271 e. The summed E-state index contributed by atoms with van der Waals surface area (Å²) in [5.41, 5.74) is 6.84. The minimum atomic E-state index is -0.143. The van der Waals surface area contributed by atoms with Crippen LogP contribution < -0.4 is 11.1 Å². The molecule has 2 heterocycles. The summed E-state index contributed by atoms with van der Waals surface area (Å²) in [6.45, 7) is 5.12. The minimum Gasteiger partial charge on any atom is -0.397 e. The summed E-state index contributed by atoms with van der Waals surface area (Å²) in [4.78, 5) is 25.2. The van der Waals surface area contributed by atoms with Gasteiger partial charge in [0.15, 0.2) is 0 Å². The lowest BCUT2D eigenvalue weighted by atomic mass is 10.2. The third-order valence-corrected chi connectivity index (χ3v) is 2.97. The Morgan fingerprint density at radius 2 is 2.22 bits per heavy atom. The number of aromatic nitrogens is 1. The molecule has 1 fully saturated rings. The Labute approximate surface area is 106 Å². The Balaban J connectivity index is 2.25. The van der Waals surface area contributed by atoms with Gasteiger partial charge in [0.25, 0.3) is 5.91 Å². The van der Waals surface area contributed by atoms with Crippen LogP contribution in [0.2, 0.25) is 0 Å². The maximum absolute atomic E-state index is 12.4. The molecule has 6 heteroatoms. The van der Waals surface area contributed by atoms with Crippen molar-refractivity contribution in [3.63, 3.8) is 0 Å². The van der Waals surface area contributed by atoms with Crippen LogP contribution in [0.3, 0.4) is 0 Å². The average Bonchev–Trinajstić information content (AvgIpc) is 2.70. The highest BCUT2D eigenvalue weighted by atomic mass is 16.2. The third-order valence-electron chi connectivity index (χ3n) is 2.97. The van der Waals surface area contributed by atoms with Crippen molar-refractivity contribution in [2.75, 3.05) is 25.4 Å². The van der Waals surface area contributed by atoms with Gasteiger partial charge in [-0.1, -0.05) is 0 Å². The number of nitrogens with one attached hydrogen (secondary N) is 1. The summed E-state index contributed by atoms with van der Waals surface area (Å²) in [5.74, 6) is -0.263. The molecule has 1 aromatic heterocycles. The molecule has 0 radical (unpaired) electrons. The van der Waals surface area contributed by atoms with E-state index in [-0.39, 0.29) is 24.4 Å². The number of hydrogen-bond acceptors (Lipinski definition) is 3. The lowest BCUT2D eigenvalue weighted by Gasteiger charge is -2.27. The van der Waals surface area contributed by atoms with E-state index in [0.717, 1.165) is 0 Å². The molecule has 0 spiro atoms. The molecule has 2 rings (SSSR count). The van der Waals surface area contributed by atoms with Crippen molar-refractivity contribution < 1.29 is 9.59 Å². The van der Waals surface area contributed by atoms with Crippen LogP contribution in [0.4, 0.5) is 5.69 Å². The van der Waals surface area contributed by atoms with Crippen molar-refractivity contribution in [2.45, 2.75) is 19.9 Å². The van der Waals surface area contributed by atoms with Crippen molar-refractivity contribution in [1.29, 1.82) is 0 Å². The Bertz CT molecular complexity index is 478. The zero-order chi connectivity index (χ0) is 13.3. The molecule has 1 aliphatic rings. The molecule has 0 bridgehead atoms. The zero-order valence-electron chi connectivity index (χ0n) is 10.6. The van der Waals surface area contributed by atoms with Crippen molar-refractivity contribution in [3.8, 4) is 0 Å². The van der Waals surface area contributed by atoms with Crippen LogP contribution in [0.1, 0.15) is 30.4 Å². The lowest BCUT2D eigenvalue weighted by Crippen LogP contribution is -2.50. The number of carbonyl (C=O) groups excluding carboxylic acids is 2. The summed E-state index contributed by atoms with van der Waals surface area (Å²) < 4.78 is 1.84. The molecule has 0 saturated carbocycles. The Morgan fingerprint density at radius 3 is 2.83 bits per heavy atom. The molecule has 18 heavy (non-hydrogen) atoms. The van der Waals surface area contributed by atoms with Crippen LogP contribution in [0.25, 0.3) is 0 Å². The third kappa shape index (κ3) is 2.32. The van der Waals surface area contributed by atoms with Gasteiger partial charge in [0.1, 0.15) is 5.69 Å². The van der Waals surface area contributed by atoms with E-state index < -0.39 is 0 Å². The van der Waals surface area contributed by atoms with E-state index in [1.807, 2.05) is 18.4 Å². The first-order valence-corrected chi connectivity index (χ1v) is 6.02. The first kappa shape index (κ1) is 12.5. The Morgan fingerprint density at radius 1 is 1.50 bits per heavy atom. The number of nitrogens with two attached hydrogens (primary N) is 1. The molecular formula is C12H18N4O2. The molecule has 98 valence electrons. The topological polar surface area (TPSA) is 80.4 Å². The van der Waals surface area contributed by atoms with E-state index in [2.05, 4.69) is 5.32 Å². The van der Waals surface area contributed by atoms with E-state index in [0.29, 0.717) is 24.5 Å². The first-order chi connectivity index (χ1) is 8.49. The molecule has 0 atom stereocenters.